The molecule has 0 saturated carbocycles. The van der Waals surface area contributed by atoms with E-state index < -0.39 is 0 Å². The minimum Gasteiger partial charge on any atom is -0.481 e. The SMILES string of the molecule is CCC(CC)(CO)NCc1c(OC)ncnc1OC. The third kappa shape index (κ3) is 3.54. The van der Waals surface area contributed by atoms with Crippen LogP contribution in [0.1, 0.15) is 32.3 Å². The molecule has 0 aliphatic rings. The highest BCUT2D eigenvalue weighted by Crippen LogP contribution is 2.25. The molecule has 1 heterocycles. The second kappa shape index (κ2) is 7.25. The van der Waals surface area contributed by atoms with Crippen LogP contribution in [-0.4, -0.2) is 41.4 Å². The highest BCUT2D eigenvalue weighted by molar-refractivity contribution is 5.34. The average molecular weight is 269 g/mol. The van der Waals surface area contributed by atoms with E-state index in [-0.39, 0.29) is 12.1 Å². The largest absolute Gasteiger partial charge is 0.481 e. The summed E-state index contributed by atoms with van der Waals surface area (Å²) in [6.07, 6.45) is 3.07. The molecule has 19 heavy (non-hydrogen) atoms. The van der Waals surface area contributed by atoms with Crippen LogP contribution in [0.2, 0.25) is 0 Å². The molecule has 6 nitrogen and oxygen atoms in total. The van der Waals surface area contributed by atoms with Gasteiger partial charge in [-0.25, -0.2) is 9.97 Å². The molecule has 0 saturated heterocycles. The van der Waals surface area contributed by atoms with Crippen LogP contribution in [-0.2, 0) is 6.54 Å². The molecular weight excluding hydrogens is 246 g/mol. The third-order valence-corrected chi connectivity index (χ3v) is 3.55. The molecule has 2 N–H and O–H groups in total. The van der Waals surface area contributed by atoms with Gasteiger partial charge in [0, 0.05) is 12.1 Å². The second-order valence-electron chi connectivity index (χ2n) is 4.37. The molecule has 0 radical (unpaired) electrons. The quantitative estimate of drug-likeness (QED) is 0.737. The Morgan fingerprint density at radius 1 is 1.16 bits per heavy atom. The van der Waals surface area contributed by atoms with Crippen LogP contribution >= 0.6 is 0 Å². The maximum Gasteiger partial charge on any atom is 0.224 e. The molecule has 0 bridgehead atoms. The molecule has 0 aromatic carbocycles. The fourth-order valence-corrected chi connectivity index (χ4v) is 1.94. The maximum atomic E-state index is 9.55. The van der Waals surface area contributed by atoms with Crippen molar-refractivity contribution >= 4 is 0 Å². The van der Waals surface area contributed by atoms with E-state index in [9.17, 15) is 5.11 Å². The first-order valence-corrected chi connectivity index (χ1v) is 6.44. The number of hydrogen-bond acceptors (Lipinski definition) is 6. The Labute approximate surface area is 114 Å². The van der Waals surface area contributed by atoms with Crippen molar-refractivity contribution in [3.8, 4) is 11.8 Å². The van der Waals surface area contributed by atoms with Gasteiger partial charge in [-0.3, -0.25) is 0 Å². The van der Waals surface area contributed by atoms with Crippen LogP contribution in [0.3, 0.4) is 0 Å². The predicted octanol–water partition coefficient (Wildman–Crippen LogP) is 1.13. The van der Waals surface area contributed by atoms with Crippen molar-refractivity contribution in [1.29, 1.82) is 0 Å². The van der Waals surface area contributed by atoms with Crippen molar-refractivity contribution in [2.24, 2.45) is 0 Å². The van der Waals surface area contributed by atoms with Crippen molar-refractivity contribution in [1.82, 2.24) is 15.3 Å². The van der Waals surface area contributed by atoms with Crippen molar-refractivity contribution in [3.05, 3.63) is 11.9 Å². The van der Waals surface area contributed by atoms with E-state index in [0.29, 0.717) is 18.3 Å². The molecule has 0 fully saturated rings. The minimum absolute atomic E-state index is 0.0817. The van der Waals surface area contributed by atoms with Gasteiger partial charge in [-0.15, -0.1) is 0 Å². The summed E-state index contributed by atoms with van der Waals surface area (Å²) in [4.78, 5) is 8.14. The number of hydrogen-bond donors (Lipinski definition) is 2. The lowest BCUT2D eigenvalue weighted by Crippen LogP contribution is -2.47. The van der Waals surface area contributed by atoms with Gasteiger partial charge in [-0.1, -0.05) is 13.8 Å². The molecule has 0 unspecified atom stereocenters. The lowest BCUT2D eigenvalue weighted by atomic mass is 9.93. The number of nitrogens with one attached hydrogen (secondary N) is 1. The Hall–Kier alpha value is -1.40. The van der Waals surface area contributed by atoms with E-state index >= 15 is 0 Å². The van der Waals surface area contributed by atoms with E-state index in [1.165, 1.54) is 6.33 Å². The maximum absolute atomic E-state index is 9.55. The number of aromatic nitrogens is 2. The number of methoxy groups -OCH3 is 2. The predicted molar refractivity (Wildman–Crippen MR) is 72.4 cm³/mol. The summed E-state index contributed by atoms with van der Waals surface area (Å²) in [5.41, 5.74) is 0.457. The van der Waals surface area contributed by atoms with E-state index in [1.807, 2.05) is 13.8 Å². The van der Waals surface area contributed by atoms with Crippen LogP contribution in [0, 0.1) is 0 Å². The molecule has 0 aliphatic carbocycles. The van der Waals surface area contributed by atoms with Gasteiger partial charge in [0.05, 0.1) is 26.4 Å². The summed E-state index contributed by atoms with van der Waals surface area (Å²) in [6, 6.07) is 0. The molecule has 0 atom stereocenters. The lowest BCUT2D eigenvalue weighted by molar-refractivity contribution is 0.148. The van der Waals surface area contributed by atoms with Crippen LogP contribution in [0.25, 0.3) is 0 Å². The fourth-order valence-electron chi connectivity index (χ4n) is 1.94. The highest BCUT2D eigenvalue weighted by atomic mass is 16.5. The number of aliphatic hydroxyl groups is 1. The standard InChI is InChI=1S/C13H23N3O3/c1-5-13(6-2,8-17)16-7-10-11(18-3)14-9-15-12(10)19-4/h9,16-17H,5-8H2,1-4H3. The first-order valence-electron chi connectivity index (χ1n) is 6.44. The van der Waals surface area contributed by atoms with Gasteiger partial charge < -0.3 is 19.9 Å². The lowest BCUT2D eigenvalue weighted by Gasteiger charge is -2.31. The summed E-state index contributed by atoms with van der Waals surface area (Å²) in [5.74, 6) is 0.969. The molecule has 1 aromatic rings. The summed E-state index contributed by atoms with van der Waals surface area (Å²) in [6.45, 7) is 4.65. The van der Waals surface area contributed by atoms with Gasteiger partial charge in [0.15, 0.2) is 0 Å². The summed E-state index contributed by atoms with van der Waals surface area (Å²) in [7, 11) is 3.12. The number of aliphatic hydroxyl groups excluding tert-OH is 1. The van der Waals surface area contributed by atoms with Gasteiger partial charge in [0.2, 0.25) is 11.8 Å². The fraction of sp³-hybridized carbons (Fsp3) is 0.692. The number of rotatable bonds is 8. The molecule has 108 valence electrons. The Bertz CT molecular complexity index is 364. The number of nitrogens with zero attached hydrogens (tertiary/aromatic N) is 2. The van der Waals surface area contributed by atoms with E-state index in [1.54, 1.807) is 14.2 Å². The van der Waals surface area contributed by atoms with Gasteiger partial charge in [0.25, 0.3) is 0 Å². The van der Waals surface area contributed by atoms with Gasteiger partial charge >= 0.3 is 0 Å². The third-order valence-electron chi connectivity index (χ3n) is 3.55. The molecule has 0 aliphatic heterocycles. The monoisotopic (exact) mass is 269 g/mol. The first kappa shape index (κ1) is 15.7. The van der Waals surface area contributed by atoms with Crippen molar-refractivity contribution < 1.29 is 14.6 Å². The van der Waals surface area contributed by atoms with Crippen molar-refractivity contribution in [2.45, 2.75) is 38.8 Å². The van der Waals surface area contributed by atoms with E-state index in [2.05, 4.69) is 15.3 Å². The Morgan fingerprint density at radius 3 is 2.05 bits per heavy atom. The molecular formula is C13H23N3O3. The Kier molecular flexibility index (Phi) is 5.98. The van der Waals surface area contributed by atoms with E-state index in [0.717, 1.165) is 18.4 Å². The number of ether oxygens (including phenoxy) is 2. The topological polar surface area (TPSA) is 76.5 Å². The smallest absolute Gasteiger partial charge is 0.224 e. The first-order chi connectivity index (χ1) is 9.16. The normalized spacial score (nSPS) is 11.4. The summed E-state index contributed by atoms with van der Waals surface area (Å²) >= 11 is 0. The molecule has 0 amide bonds. The van der Waals surface area contributed by atoms with Crippen LogP contribution in [0.15, 0.2) is 6.33 Å². The van der Waals surface area contributed by atoms with Crippen LogP contribution < -0.4 is 14.8 Å². The van der Waals surface area contributed by atoms with Gasteiger partial charge in [0.1, 0.15) is 6.33 Å². The van der Waals surface area contributed by atoms with Gasteiger partial charge in [-0.2, -0.15) is 0 Å². The van der Waals surface area contributed by atoms with Crippen molar-refractivity contribution in [3.63, 3.8) is 0 Å². The van der Waals surface area contributed by atoms with Crippen LogP contribution in [0.4, 0.5) is 0 Å². The zero-order chi connectivity index (χ0) is 14.3. The molecule has 0 spiro atoms. The molecule has 1 rings (SSSR count). The van der Waals surface area contributed by atoms with Crippen molar-refractivity contribution in [2.75, 3.05) is 20.8 Å². The Morgan fingerprint density at radius 2 is 1.68 bits per heavy atom. The van der Waals surface area contributed by atoms with Crippen LogP contribution in [0.5, 0.6) is 11.8 Å². The summed E-state index contributed by atoms with van der Waals surface area (Å²) < 4.78 is 10.4. The van der Waals surface area contributed by atoms with Gasteiger partial charge in [-0.05, 0) is 12.8 Å². The molecule has 6 heteroatoms. The highest BCUT2D eigenvalue weighted by Gasteiger charge is 2.25. The van der Waals surface area contributed by atoms with E-state index in [4.69, 9.17) is 9.47 Å². The second-order valence-corrected chi connectivity index (χ2v) is 4.37. The average Bonchev–Trinajstić information content (AvgIpc) is 2.48. The summed E-state index contributed by atoms with van der Waals surface area (Å²) in [5, 5.41) is 12.9. The zero-order valence-electron chi connectivity index (χ0n) is 12.1. The zero-order valence-corrected chi connectivity index (χ0v) is 12.1. The Balaban J connectivity index is 2.92. The minimum atomic E-state index is -0.300. The molecule has 1 aromatic heterocycles.